The molecule has 1 atom stereocenters. The predicted octanol–water partition coefficient (Wildman–Crippen LogP) is 1.68. The van der Waals surface area contributed by atoms with Crippen molar-refractivity contribution in [2.75, 3.05) is 19.8 Å². The summed E-state index contributed by atoms with van der Waals surface area (Å²) in [6.07, 6.45) is 3.31. The number of aromatic amines is 1. The van der Waals surface area contributed by atoms with Gasteiger partial charge >= 0.3 is 0 Å². The van der Waals surface area contributed by atoms with E-state index in [4.69, 9.17) is 4.74 Å². The lowest BCUT2D eigenvalue weighted by molar-refractivity contribution is 0.0767. The summed E-state index contributed by atoms with van der Waals surface area (Å²) in [5.41, 5.74) is 3.98. The molecule has 1 fully saturated rings. The van der Waals surface area contributed by atoms with Crippen molar-refractivity contribution in [3.05, 3.63) is 58.3 Å². The molecule has 3 heterocycles. The molecule has 1 unspecified atom stereocenters. The fourth-order valence-electron chi connectivity index (χ4n) is 3.14. The number of hydrogen-bond acceptors (Lipinski definition) is 4. The molecule has 0 amide bonds. The Labute approximate surface area is 133 Å². The number of ether oxygens (including phenoxy) is 1. The lowest BCUT2D eigenvalue weighted by Gasteiger charge is -2.25. The summed E-state index contributed by atoms with van der Waals surface area (Å²) in [7, 11) is 0. The van der Waals surface area contributed by atoms with Gasteiger partial charge in [0, 0.05) is 18.4 Å². The van der Waals surface area contributed by atoms with E-state index >= 15 is 0 Å². The summed E-state index contributed by atoms with van der Waals surface area (Å²) in [5.74, 6) is 0. The highest BCUT2D eigenvalue weighted by molar-refractivity contribution is 5.76. The van der Waals surface area contributed by atoms with Gasteiger partial charge in [-0.05, 0) is 36.2 Å². The van der Waals surface area contributed by atoms with Crippen LogP contribution in [0.2, 0.25) is 0 Å². The van der Waals surface area contributed by atoms with Gasteiger partial charge < -0.3 is 19.6 Å². The highest BCUT2D eigenvalue weighted by Crippen LogP contribution is 2.24. The van der Waals surface area contributed by atoms with E-state index in [1.807, 2.05) is 10.8 Å². The van der Waals surface area contributed by atoms with Crippen LogP contribution < -0.4 is 10.9 Å². The number of fused-ring (bicyclic) bond motifs is 1. The van der Waals surface area contributed by atoms with E-state index in [-0.39, 0.29) is 11.6 Å². The highest BCUT2D eigenvalue weighted by Gasteiger charge is 2.17. The maximum Gasteiger partial charge on any atom is 0.260 e. The third-order valence-electron chi connectivity index (χ3n) is 4.32. The molecule has 23 heavy (non-hydrogen) atoms. The van der Waals surface area contributed by atoms with Gasteiger partial charge in [0.1, 0.15) is 0 Å². The Morgan fingerprint density at radius 2 is 2.26 bits per heavy atom. The van der Waals surface area contributed by atoms with Crippen molar-refractivity contribution < 1.29 is 4.74 Å². The second-order valence-electron chi connectivity index (χ2n) is 5.78. The van der Waals surface area contributed by atoms with E-state index in [1.54, 1.807) is 6.07 Å². The second-order valence-corrected chi connectivity index (χ2v) is 5.78. The molecule has 4 rings (SSSR count). The SMILES string of the molecule is Cc1cc(-n2ccc3c(=O)[nH]cnc32)ccc1C1COCCN1. The number of nitrogens with one attached hydrogen (secondary N) is 2. The van der Waals surface area contributed by atoms with Gasteiger partial charge in [0.05, 0.1) is 31.0 Å². The molecule has 0 saturated carbocycles. The van der Waals surface area contributed by atoms with Crippen molar-refractivity contribution in [3.63, 3.8) is 0 Å². The molecular weight excluding hydrogens is 292 g/mol. The highest BCUT2D eigenvalue weighted by atomic mass is 16.5. The van der Waals surface area contributed by atoms with Crippen molar-refractivity contribution in [1.82, 2.24) is 19.9 Å². The molecule has 0 aliphatic carbocycles. The van der Waals surface area contributed by atoms with Crippen LogP contribution in [-0.4, -0.2) is 34.3 Å². The van der Waals surface area contributed by atoms with Crippen LogP contribution in [0.5, 0.6) is 0 Å². The molecule has 1 aromatic carbocycles. The van der Waals surface area contributed by atoms with E-state index in [0.717, 1.165) is 18.8 Å². The van der Waals surface area contributed by atoms with Crippen LogP contribution >= 0.6 is 0 Å². The molecule has 3 aromatic rings. The number of rotatable bonds is 2. The Kier molecular flexibility index (Phi) is 3.48. The zero-order valence-electron chi connectivity index (χ0n) is 12.9. The number of morpholine rings is 1. The first-order valence-electron chi connectivity index (χ1n) is 7.71. The van der Waals surface area contributed by atoms with Gasteiger partial charge in [-0.1, -0.05) is 6.07 Å². The summed E-state index contributed by atoms with van der Waals surface area (Å²) in [6.45, 7) is 4.44. The van der Waals surface area contributed by atoms with E-state index in [0.29, 0.717) is 17.6 Å². The molecule has 1 aliphatic heterocycles. The monoisotopic (exact) mass is 310 g/mol. The molecule has 0 bridgehead atoms. The maximum atomic E-state index is 11.8. The number of aryl methyl sites for hydroxylation is 1. The van der Waals surface area contributed by atoms with Crippen LogP contribution in [0.25, 0.3) is 16.7 Å². The minimum atomic E-state index is -0.120. The summed E-state index contributed by atoms with van der Waals surface area (Å²) >= 11 is 0. The Morgan fingerprint density at radius 3 is 3.04 bits per heavy atom. The van der Waals surface area contributed by atoms with Crippen molar-refractivity contribution in [3.8, 4) is 5.69 Å². The predicted molar refractivity (Wildman–Crippen MR) is 88.0 cm³/mol. The Hall–Kier alpha value is -2.44. The summed E-state index contributed by atoms with van der Waals surface area (Å²) in [4.78, 5) is 18.7. The van der Waals surface area contributed by atoms with Gasteiger partial charge in [-0.2, -0.15) is 0 Å². The van der Waals surface area contributed by atoms with Gasteiger partial charge in [0.25, 0.3) is 5.56 Å². The second kappa shape index (κ2) is 5.64. The molecule has 0 radical (unpaired) electrons. The zero-order valence-corrected chi connectivity index (χ0v) is 12.9. The van der Waals surface area contributed by atoms with Gasteiger partial charge in [-0.25, -0.2) is 4.98 Å². The zero-order chi connectivity index (χ0) is 15.8. The Balaban J connectivity index is 1.76. The minimum Gasteiger partial charge on any atom is -0.378 e. The lowest BCUT2D eigenvalue weighted by Crippen LogP contribution is -2.34. The van der Waals surface area contributed by atoms with Gasteiger partial charge in [0.2, 0.25) is 0 Å². The average molecular weight is 310 g/mol. The van der Waals surface area contributed by atoms with Gasteiger partial charge in [-0.15, -0.1) is 0 Å². The average Bonchev–Trinajstić information content (AvgIpc) is 3.01. The van der Waals surface area contributed by atoms with Crippen molar-refractivity contribution >= 4 is 11.0 Å². The van der Waals surface area contributed by atoms with E-state index in [2.05, 4.69) is 40.4 Å². The van der Waals surface area contributed by atoms with Crippen molar-refractivity contribution in [1.29, 1.82) is 0 Å². The van der Waals surface area contributed by atoms with Gasteiger partial charge in [-0.3, -0.25) is 4.79 Å². The Bertz CT molecular complexity index is 906. The summed E-state index contributed by atoms with van der Waals surface area (Å²) < 4.78 is 7.49. The standard InChI is InChI=1S/C17H18N4O2/c1-11-8-12(2-3-13(11)15-9-23-7-5-18-15)21-6-4-14-16(21)19-10-20-17(14)22/h2-4,6,8,10,15,18H,5,7,9H2,1H3,(H,19,20,22). The fraction of sp³-hybridized carbons (Fsp3) is 0.294. The number of H-pyrrole nitrogens is 1. The van der Waals surface area contributed by atoms with E-state index in [9.17, 15) is 4.79 Å². The molecule has 6 heteroatoms. The topological polar surface area (TPSA) is 71.9 Å². The van der Waals surface area contributed by atoms with Crippen LogP contribution in [0.3, 0.4) is 0 Å². The first kappa shape index (κ1) is 14.2. The molecule has 1 saturated heterocycles. The number of hydrogen-bond donors (Lipinski definition) is 2. The van der Waals surface area contributed by atoms with Crippen LogP contribution in [0, 0.1) is 6.92 Å². The quantitative estimate of drug-likeness (QED) is 0.755. The molecule has 6 nitrogen and oxygen atoms in total. The molecule has 2 aromatic heterocycles. The van der Waals surface area contributed by atoms with E-state index < -0.39 is 0 Å². The molecule has 1 aliphatic rings. The van der Waals surface area contributed by atoms with Crippen molar-refractivity contribution in [2.24, 2.45) is 0 Å². The minimum absolute atomic E-state index is 0.120. The molecular formula is C17H18N4O2. The summed E-state index contributed by atoms with van der Waals surface area (Å²) in [6, 6.07) is 8.33. The number of nitrogens with zero attached hydrogens (tertiary/aromatic N) is 2. The maximum absolute atomic E-state index is 11.8. The molecule has 0 spiro atoms. The lowest BCUT2D eigenvalue weighted by atomic mass is 10.0. The third kappa shape index (κ3) is 2.46. The largest absolute Gasteiger partial charge is 0.378 e. The van der Waals surface area contributed by atoms with Crippen LogP contribution in [-0.2, 0) is 4.74 Å². The first-order valence-corrected chi connectivity index (χ1v) is 7.71. The molecule has 118 valence electrons. The van der Waals surface area contributed by atoms with Crippen molar-refractivity contribution in [2.45, 2.75) is 13.0 Å². The fourth-order valence-corrected chi connectivity index (χ4v) is 3.14. The Morgan fingerprint density at radius 1 is 1.35 bits per heavy atom. The van der Waals surface area contributed by atoms with Crippen LogP contribution in [0.1, 0.15) is 17.2 Å². The first-order chi connectivity index (χ1) is 11.2. The van der Waals surface area contributed by atoms with E-state index in [1.165, 1.54) is 17.5 Å². The third-order valence-corrected chi connectivity index (χ3v) is 4.32. The number of benzene rings is 1. The number of aromatic nitrogens is 3. The van der Waals surface area contributed by atoms with Gasteiger partial charge in [0.15, 0.2) is 5.65 Å². The molecule has 2 N–H and O–H groups in total. The van der Waals surface area contributed by atoms with Crippen LogP contribution in [0.4, 0.5) is 0 Å². The normalized spacial score (nSPS) is 18.4. The smallest absolute Gasteiger partial charge is 0.260 e. The van der Waals surface area contributed by atoms with Crippen LogP contribution in [0.15, 0.2) is 41.6 Å². The summed E-state index contributed by atoms with van der Waals surface area (Å²) in [5, 5.41) is 4.07.